The molecule has 1 aliphatic rings. The highest BCUT2D eigenvalue weighted by Crippen LogP contribution is 2.30. The monoisotopic (exact) mass is 344 g/mol. The zero-order valence-corrected chi connectivity index (χ0v) is 13.2. The first-order valence-electron chi connectivity index (χ1n) is 6.46. The number of carbonyl (C=O) groups excluding carboxylic acids is 1. The fourth-order valence-electron chi connectivity index (χ4n) is 2.83. The fourth-order valence-corrected chi connectivity index (χ4v) is 3.69. The van der Waals surface area contributed by atoms with Crippen LogP contribution in [0.4, 0.5) is 0 Å². The van der Waals surface area contributed by atoms with Gasteiger partial charge >= 0.3 is 0 Å². The Bertz CT molecular complexity index is 460. The van der Waals surface area contributed by atoms with Crippen LogP contribution in [0, 0.1) is 5.92 Å². The Balaban J connectivity index is 2.18. The quantitative estimate of drug-likeness (QED) is 0.913. The maximum Gasteiger partial charge on any atom is 0.253 e. The molecular weight excluding hydrogens is 328 g/mol. The van der Waals surface area contributed by atoms with Gasteiger partial charge < -0.3 is 10.6 Å². The molecule has 104 valence electrons. The number of amides is 1. The summed E-state index contributed by atoms with van der Waals surface area (Å²) >= 11 is 9.36. The zero-order valence-electron chi connectivity index (χ0n) is 10.9. The smallest absolute Gasteiger partial charge is 0.253 e. The SMILES string of the molecule is CN(C(=O)c1cc(Cl)cc(Br)c1)C1CCCC1CN. The second-order valence-corrected chi connectivity index (χ2v) is 6.42. The largest absolute Gasteiger partial charge is 0.338 e. The Kier molecular flexibility index (Phi) is 4.87. The molecule has 0 bridgehead atoms. The van der Waals surface area contributed by atoms with Crippen molar-refractivity contribution in [3.8, 4) is 0 Å². The second-order valence-electron chi connectivity index (χ2n) is 5.07. The predicted molar refractivity (Wildman–Crippen MR) is 81.4 cm³/mol. The highest BCUT2D eigenvalue weighted by molar-refractivity contribution is 9.10. The van der Waals surface area contributed by atoms with Crippen molar-refractivity contribution in [2.24, 2.45) is 11.7 Å². The van der Waals surface area contributed by atoms with Crippen molar-refractivity contribution in [2.75, 3.05) is 13.6 Å². The van der Waals surface area contributed by atoms with Gasteiger partial charge in [0.25, 0.3) is 5.91 Å². The molecule has 1 amide bonds. The number of nitrogens with two attached hydrogens (primary N) is 1. The molecule has 0 heterocycles. The van der Waals surface area contributed by atoms with Crippen molar-refractivity contribution < 1.29 is 4.79 Å². The zero-order chi connectivity index (χ0) is 14.0. The molecule has 3 nitrogen and oxygen atoms in total. The van der Waals surface area contributed by atoms with Crippen molar-refractivity contribution >= 4 is 33.4 Å². The van der Waals surface area contributed by atoms with Crippen LogP contribution in [-0.2, 0) is 0 Å². The molecule has 2 rings (SSSR count). The average molecular weight is 346 g/mol. The third-order valence-electron chi connectivity index (χ3n) is 3.85. The van der Waals surface area contributed by atoms with Crippen LogP contribution in [0.15, 0.2) is 22.7 Å². The summed E-state index contributed by atoms with van der Waals surface area (Å²) in [6.07, 6.45) is 3.28. The molecule has 2 unspecified atom stereocenters. The standard InChI is InChI=1S/C14H18BrClN2O/c1-18(13-4-2-3-9(13)8-17)14(19)10-5-11(15)7-12(16)6-10/h5-7,9,13H,2-4,8,17H2,1H3. The first kappa shape index (κ1) is 14.8. The van der Waals surface area contributed by atoms with E-state index < -0.39 is 0 Å². The summed E-state index contributed by atoms with van der Waals surface area (Å²) < 4.78 is 0.818. The Labute approximate surface area is 127 Å². The summed E-state index contributed by atoms with van der Waals surface area (Å²) in [6, 6.07) is 5.53. The van der Waals surface area contributed by atoms with E-state index in [0.717, 1.165) is 23.7 Å². The summed E-state index contributed by atoms with van der Waals surface area (Å²) in [4.78, 5) is 14.3. The van der Waals surface area contributed by atoms with E-state index in [2.05, 4.69) is 15.9 Å². The topological polar surface area (TPSA) is 46.3 Å². The number of hydrogen-bond acceptors (Lipinski definition) is 2. The molecule has 0 aromatic heterocycles. The average Bonchev–Trinajstić information content (AvgIpc) is 2.84. The van der Waals surface area contributed by atoms with Gasteiger partial charge in [-0.25, -0.2) is 0 Å². The lowest BCUT2D eigenvalue weighted by Gasteiger charge is -2.29. The third kappa shape index (κ3) is 3.30. The maximum absolute atomic E-state index is 12.5. The number of carbonyl (C=O) groups is 1. The highest BCUT2D eigenvalue weighted by atomic mass is 79.9. The molecule has 1 aliphatic carbocycles. The Morgan fingerprint density at radius 2 is 2.21 bits per heavy atom. The summed E-state index contributed by atoms with van der Waals surface area (Å²) in [6.45, 7) is 0.640. The van der Waals surface area contributed by atoms with Crippen molar-refractivity contribution in [3.05, 3.63) is 33.3 Å². The molecule has 19 heavy (non-hydrogen) atoms. The lowest BCUT2D eigenvalue weighted by atomic mass is 10.0. The van der Waals surface area contributed by atoms with E-state index in [1.54, 1.807) is 18.2 Å². The van der Waals surface area contributed by atoms with Crippen LogP contribution in [0.25, 0.3) is 0 Å². The minimum absolute atomic E-state index is 0.00792. The van der Waals surface area contributed by atoms with Gasteiger partial charge in [-0.05, 0) is 43.5 Å². The molecular formula is C14H18BrClN2O. The van der Waals surface area contributed by atoms with Crippen LogP contribution in [0.1, 0.15) is 29.6 Å². The molecule has 0 spiro atoms. The van der Waals surface area contributed by atoms with Crippen molar-refractivity contribution in [1.29, 1.82) is 0 Å². The number of halogens is 2. The molecule has 2 N–H and O–H groups in total. The lowest BCUT2D eigenvalue weighted by molar-refractivity contribution is 0.0700. The van der Waals surface area contributed by atoms with Gasteiger partial charge in [-0.1, -0.05) is 34.0 Å². The van der Waals surface area contributed by atoms with Crippen molar-refractivity contribution in [2.45, 2.75) is 25.3 Å². The first-order chi connectivity index (χ1) is 9.02. The molecule has 1 fully saturated rings. The minimum atomic E-state index is 0.00792. The van der Waals surface area contributed by atoms with Gasteiger partial charge in [0, 0.05) is 28.1 Å². The Morgan fingerprint density at radius 1 is 1.47 bits per heavy atom. The second kappa shape index (κ2) is 6.25. The van der Waals surface area contributed by atoms with Crippen LogP contribution >= 0.6 is 27.5 Å². The number of nitrogens with zero attached hydrogens (tertiary/aromatic N) is 1. The van der Waals surface area contributed by atoms with Gasteiger partial charge in [0.2, 0.25) is 0 Å². The summed E-state index contributed by atoms with van der Waals surface area (Å²) in [5.41, 5.74) is 6.40. The Morgan fingerprint density at radius 3 is 2.84 bits per heavy atom. The number of rotatable bonds is 3. The Hall–Kier alpha value is -0.580. The highest BCUT2D eigenvalue weighted by Gasteiger charge is 2.32. The fraction of sp³-hybridized carbons (Fsp3) is 0.500. The van der Waals surface area contributed by atoms with E-state index in [9.17, 15) is 4.79 Å². The normalized spacial score (nSPS) is 22.5. The van der Waals surface area contributed by atoms with E-state index >= 15 is 0 Å². The lowest BCUT2D eigenvalue weighted by Crippen LogP contribution is -2.41. The maximum atomic E-state index is 12.5. The molecule has 2 atom stereocenters. The van der Waals surface area contributed by atoms with E-state index in [4.69, 9.17) is 17.3 Å². The van der Waals surface area contributed by atoms with Crippen LogP contribution in [0.3, 0.4) is 0 Å². The molecule has 1 aromatic carbocycles. The number of hydrogen-bond donors (Lipinski definition) is 1. The van der Waals surface area contributed by atoms with Crippen molar-refractivity contribution in [3.63, 3.8) is 0 Å². The molecule has 1 aromatic rings. The summed E-state index contributed by atoms with van der Waals surface area (Å²) in [7, 11) is 1.86. The van der Waals surface area contributed by atoms with E-state index in [1.807, 2.05) is 11.9 Å². The van der Waals surface area contributed by atoms with Gasteiger partial charge in [-0.15, -0.1) is 0 Å². The van der Waals surface area contributed by atoms with Gasteiger partial charge in [0.1, 0.15) is 0 Å². The van der Waals surface area contributed by atoms with Gasteiger partial charge in [-0.3, -0.25) is 4.79 Å². The van der Waals surface area contributed by atoms with Crippen LogP contribution in [-0.4, -0.2) is 30.4 Å². The van der Waals surface area contributed by atoms with E-state index in [0.29, 0.717) is 23.0 Å². The third-order valence-corrected chi connectivity index (χ3v) is 4.53. The van der Waals surface area contributed by atoms with Crippen LogP contribution in [0.5, 0.6) is 0 Å². The summed E-state index contributed by atoms with van der Waals surface area (Å²) in [5.74, 6) is 0.421. The number of benzene rings is 1. The van der Waals surface area contributed by atoms with Gasteiger partial charge in [0.15, 0.2) is 0 Å². The molecule has 5 heteroatoms. The minimum Gasteiger partial charge on any atom is -0.338 e. The van der Waals surface area contributed by atoms with Crippen molar-refractivity contribution in [1.82, 2.24) is 4.90 Å². The molecule has 0 saturated heterocycles. The molecule has 1 saturated carbocycles. The van der Waals surface area contributed by atoms with Gasteiger partial charge in [-0.2, -0.15) is 0 Å². The molecule has 0 radical (unpaired) electrons. The van der Waals surface area contributed by atoms with Gasteiger partial charge in [0.05, 0.1) is 0 Å². The van der Waals surface area contributed by atoms with Crippen LogP contribution in [0.2, 0.25) is 5.02 Å². The van der Waals surface area contributed by atoms with E-state index in [-0.39, 0.29) is 11.9 Å². The summed E-state index contributed by atoms with van der Waals surface area (Å²) in [5, 5.41) is 0.563. The predicted octanol–water partition coefficient (Wildman–Crippen LogP) is 3.30. The molecule has 0 aliphatic heterocycles. The van der Waals surface area contributed by atoms with E-state index in [1.165, 1.54) is 0 Å². The van der Waals surface area contributed by atoms with Crippen LogP contribution < -0.4 is 5.73 Å². The first-order valence-corrected chi connectivity index (χ1v) is 7.63.